The summed E-state index contributed by atoms with van der Waals surface area (Å²) in [6, 6.07) is 12.8. The van der Waals surface area contributed by atoms with Crippen molar-refractivity contribution < 1.29 is 14.3 Å². The molecule has 0 aliphatic rings. The fourth-order valence-electron chi connectivity index (χ4n) is 2.50. The lowest BCUT2D eigenvalue weighted by Crippen LogP contribution is -2.26. The fourth-order valence-corrected chi connectivity index (χ4v) is 2.50. The van der Waals surface area contributed by atoms with Crippen LogP contribution in [0.4, 0.5) is 5.69 Å². The fraction of sp³-hybridized carbons (Fsp3) is 0.158. The van der Waals surface area contributed by atoms with Gasteiger partial charge in [-0.2, -0.15) is 0 Å². The van der Waals surface area contributed by atoms with Crippen LogP contribution in [0.2, 0.25) is 0 Å². The third kappa shape index (κ3) is 3.33. The van der Waals surface area contributed by atoms with E-state index >= 15 is 0 Å². The number of pyridine rings is 1. The Morgan fingerprint density at radius 1 is 1.04 bits per heavy atom. The van der Waals surface area contributed by atoms with Gasteiger partial charge in [-0.25, -0.2) is 4.98 Å². The normalized spacial score (nSPS) is 10.4. The van der Waals surface area contributed by atoms with Gasteiger partial charge in [-0.05, 0) is 36.4 Å². The molecule has 0 bridgehead atoms. The summed E-state index contributed by atoms with van der Waals surface area (Å²) in [5.41, 5.74) is 1.21. The van der Waals surface area contributed by atoms with E-state index in [4.69, 9.17) is 9.47 Å². The first-order valence-electron chi connectivity index (χ1n) is 7.73. The molecule has 0 spiro atoms. The lowest BCUT2D eigenvalue weighted by Gasteiger charge is -2.19. The third-order valence-corrected chi connectivity index (χ3v) is 3.92. The quantitative estimate of drug-likeness (QED) is 0.717. The Morgan fingerprint density at radius 2 is 1.76 bits per heavy atom. The number of hydrogen-bond donors (Lipinski definition) is 0. The SMILES string of the molecule is COc1ccc(N(C)C(=O)c2ccc(-n3cccc3)nc2)cc1OC. The van der Waals surface area contributed by atoms with Crippen molar-refractivity contribution in [3.8, 4) is 17.3 Å². The highest BCUT2D eigenvalue weighted by Gasteiger charge is 2.16. The maximum absolute atomic E-state index is 12.7. The lowest BCUT2D eigenvalue weighted by atomic mass is 10.2. The average Bonchev–Trinajstić information content (AvgIpc) is 3.21. The number of anilines is 1. The number of carbonyl (C=O) groups is 1. The van der Waals surface area contributed by atoms with Crippen molar-refractivity contribution in [1.29, 1.82) is 0 Å². The van der Waals surface area contributed by atoms with Crippen LogP contribution in [0.3, 0.4) is 0 Å². The molecule has 0 saturated carbocycles. The first-order chi connectivity index (χ1) is 12.1. The van der Waals surface area contributed by atoms with E-state index in [2.05, 4.69) is 4.98 Å². The number of benzene rings is 1. The van der Waals surface area contributed by atoms with Crippen molar-refractivity contribution in [3.63, 3.8) is 0 Å². The van der Waals surface area contributed by atoms with Crippen molar-refractivity contribution in [1.82, 2.24) is 9.55 Å². The molecule has 0 radical (unpaired) electrons. The number of rotatable bonds is 5. The van der Waals surface area contributed by atoms with E-state index in [1.54, 1.807) is 56.6 Å². The summed E-state index contributed by atoms with van der Waals surface area (Å²) in [6.07, 6.45) is 5.38. The first-order valence-corrected chi connectivity index (χ1v) is 7.73. The minimum atomic E-state index is -0.154. The van der Waals surface area contributed by atoms with Crippen molar-refractivity contribution in [3.05, 3.63) is 66.6 Å². The lowest BCUT2D eigenvalue weighted by molar-refractivity contribution is 0.0992. The van der Waals surface area contributed by atoms with Gasteiger partial charge >= 0.3 is 0 Å². The number of carbonyl (C=O) groups excluding carboxylic acids is 1. The molecule has 3 aromatic rings. The second kappa shape index (κ2) is 7.09. The molecule has 2 heterocycles. The molecule has 3 rings (SSSR count). The summed E-state index contributed by atoms with van der Waals surface area (Å²) < 4.78 is 12.4. The van der Waals surface area contributed by atoms with E-state index < -0.39 is 0 Å². The van der Waals surface area contributed by atoms with Crippen LogP contribution < -0.4 is 14.4 Å². The molecule has 2 aromatic heterocycles. The number of nitrogens with zero attached hydrogens (tertiary/aromatic N) is 3. The first kappa shape index (κ1) is 16.6. The molecule has 0 N–H and O–H groups in total. The van der Waals surface area contributed by atoms with E-state index in [0.717, 1.165) is 5.82 Å². The standard InChI is InChI=1S/C19H19N3O3/c1-21(15-7-8-16(24-2)17(12-15)25-3)19(23)14-6-9-18(20-13-14)22-10-4-5-11-22/h4-13H,1-3H3. The summed E-state index contributed by atoms with van der Waals surface area (Å²) in [6.45, 7) is 0. The topological polar surface area (TPSA) is 56.6 Å². The molecule has 0 fully saturated rings. The van der Waals surface area contributed by atoms with Crippen LogP contribution in [0.1, 0.15) is 10.4 Å². The molecule has 0 aliphatic carbocycles. The minimum Gasteiger partial charge on any atom is -0.493 e. The highest BCUT2D eigenvalue weighted by molar-refractivity contribution is 6.05. The largest absolute Gasteiger partial charge is 0.493 e. The number of ether oxygens (including phenoxy) is 2. The van der Waals surface area contributed by atoms with Crippen LogP contribution in [0.15, 0.2) is 61.1 Å². The zero-order valence-electron chi connectivity index (χ0n) is 14.3. The minimum absolute atomic E-state index is 0.154. The molecular weight excluding hydrogens is 318 g/mol. The molecule has 25 heavy (non-hydrogen) atoms. The highest BCUT2D eigenvalue weighted by Crippen LogP contribution is 2.31. The number of methoxy groups -OCH3 is 2. The van der Waals surface area contributed by atoms with Gasteiger partial charge in [0.05, 0.1) is 19.8 Å². The summed E-state index contributed by atoms with van der Waals surface area (Å²) in [7, 11) is 4.85. The van der Waals surface area contributed by atoms with E-state index in [0.29, 0.717) is 22.7 Å². The molecule has 1 aromatic carbocycles. The Morgan fingerprint density at radius 3 is 2.36 bits per heavy atom. The second-order valence-corrected chi connectivity index (χ2v) is 5.40. The Balaban J connectivity index is 1.82. The molecule has 0 saturated heterocycles. The molecule has 6 heteroatoms. The van der Waals surface area contributed by atoms with Gasteiger partial charge < -0.3 is 18.9 Å². The number of aromatic nitrogens is 2. The Labute approximate surface area is 146 Å². The van der Waals surface area contributed by atoms with Crippen molar-refractivity contribution in [2.45, 2.75) is 0 Å². The predicted molar refractivity (Wildman–Crippen MR) is 95.8 cm³/mol. The molecule has 0 unspecified atom stereocenters. The molecule has 6 nitrogen and oxygen atoms in total. The zero-order valence-corrected chi connectivity index (χ0v) is 14.3. The van der Waals surface area contributed by atoms with Crippen LogP contribution in [0.5, 0.6) is 11.5 Å². The van der Waals surface area contributed by atoms with Gasteiger partial charge in [-0.15, -0.1) is 0 Å². The maximum Gasteiger partial charge on any atom is 0.259 e. The Bertz CT molecular complexity index is 858. The number of amides is 1. The zero-order chi connectivity index (χ0) is 17.8. The van der Waals surface area contributed by atoms with E-state index in [-0.39, 0.29) is 5.91 Å². The second-order valence-electron chi connectivity index (χ2n) is 5.40. The van der Waals surface area contributed by atoms with E-state index in [1.807, 2.05) is 35.2 Å². The van der Waals surface area contributed by atoms with Crippen molar-refractivity contribution in [2.75, 3.05) is 26.2 Å². The van der Waals surface area contributed by atoms with Gasteiger partial charge in [0.15, 0.2) is 11.5 Å². The molecule has 1 amide bonds. The van der Waals surface area contributed by atoms with Crippen molar-refractivity contribution in [2.24, 2.45) is 0 Å². The van der Waals surface area contributed by atoms with Gasteiger partial charge in [0.2, 0.25) is 0 Å². The summed E-state index contributed by atoms with van der Waals surface area (Å²) in [5, 5.41) is 0. The van der Waals surface area contributed by atoms with Crippen molar-refractivity contribution >= 4 is 11.6 Å². The van der Waals surface area contributed by atoms with Crippen LogP contribution in [-0.4, -0.2) is 36.7 Å². The summed E-state index contributed by atoms with van der Waals surface area (Å²) in [5.74, 6) is 1.79. The van der Waals surface area contributed by atoms with Crippen LogP contribution in [-0.2, 0) is 0 Å². The highest BCUT2D eigenvalue weighted by atomic mass is 16.5. The molecule has 128 valence electrons. The average molecular weight is 337 g/mol. The third-order valence-electron chi connectivity index (χ3n) is 3.92. The summed E-state index contributed by atoms with van der Waals surface area (Å²) in [4.78, 5) is 18.6. The van der Waals surface area contributed by atoms with Gasteiger partial charge in [0, 0.05) is 37.4 Å². The molecule has 0 aliphatic heterocycles. The van der Waals surface area contributed by atoms with Crippen LogP contribution in [0.25, 0.3) is 5.82 Å². The van der Waals surface area contributed by atoms with E-state index in [1.165, 1.54) is 0 Å². The van der Waals surface area contributed by atoms with Crippen LogP contribution in [0, 0.1) is 0 Å². The van der Waals surface area contributed by atoms with Gasteiger partial charge in [0.1, 0.15) is 5.82 Å². The summed E-state index contributed by atoms with van der Waals surface area (Å²) >= 11 is 0. The van der Waals surface area contributed by atoms with Gasteiger partial charge in [-0.1, -0.05) is 0 Å². The monoisotopic (exact) mass is 337 g/mol. The van der Waals surface area contributed by atoms with Gasteiger partial charge in [-0.3, -0.25) is 4.79 Å². The smallest absolute Gasteiger partial charge is 0.259 e. The molecule has 0 atom stereocenters. The maximum atomic E-state index is 12.7. The Kier molecular flexibility index (Phi) is 4.70. The van der Waals surface area contributed by atoms with E-state index in [9.17, 15) is 4.79 Å². The number of hydrogen-bond acceptors (Lipinski definition) is 4. The van der Waals surface area contributed by atoms with Crippen LogP contribution >= 0.6 is 0 Å². The Hall–Kier alpha value is -3.28. The van der Waals surface area contributed by atoms with Gasteiger partial charge in [0.25, 0.3) is 5.91 Å². The molecular formula is C19H19N3O3. The predicted octanol–water partition coefficient (Wildman–Crippen LogP) is 3.17.